The van der Waals surface area contributed by atoms with E-state index in [1.54, 1.807) is 36.4 Å². The van der Waals surface area contributed by atoms with Gasteiger partial charge in [0.2, 0.25) is 0 Å². The molecule has 0 spiro atoms. The fraction of sp³-hybridized carbons (Fsp3) is 0.0909. The summed E-state index contributed by atoms with van der Waals surface area (Å²) < 4.78 is 35.2. The van der Waals surface area contributed by atoms with Gasteiger partial charge in [-0.1, -0.05) is 48.0 Å². The Kier molecular flexibility index (Phi) is 8.75. The van der Waals surface area contributed by atoms with Crippen molar-refractivity contribution in [2.24, 2.45) is 16.6 Å². The van der Waals surface area contributed by atoms with Crippen LogP contribution in [0.2, 0.25) is 0 Å². The van der Waals surface area contributed by atoms with Gasteiger partial charge in [0.25, 0.3) is 10.1 Å². The minimum absolute atomic E-state index is 0.0666. The standard InChI is InChI=1S/C15H16N4O2.C7H8O3S/c16-15(17)19(20)18-10-12-6-8-14(9-7-12)21-11-13-4-2-1-3-5-13;1-6-2-4-7(5-3-6)11(8,9)10/h1-10H,11,16-17H2;2-5H,1H3,(H,8,9,10)/b18-10+;. The molecular formula is C22H24N4O5S. The summed E-state index contributed by atoms with van der Waals surface area (Å²) in [6.45, 7) is 2.34. The lowest BCUT2D eigenvalue weighted by molar-refractivity contribution is -0.463. The molecule has 9 nitrogen and oxygen atoms in total. The molecule has 0 atom stereocenters. The Balaban J connectivity index is 0.000000278. The number of aryl methyl sites for hydroxylation is 1. The van der Waals surface area contributed by atoms with Crippen molar-refractivity contribution in [3.8, 4) is 5.75 Å². The first-order valence-corrected chi connectivity index (χ1v) is 10.8. The third-order valence-electron chi connectivity index (χ3n) is 3.98. The molecule has 5 N–H and O–H groups in total. The average molecular weight is 457 g/mol. The van der Waals surface area contributed by atoms with E-state index in [-0.39, 0.29) is 9.74 Å². The zero-order chi connectivity index (χ0) is 23.6. The zero-order valence-electron chi connectivity index (χ0n) is 17.3. The fourth-order valence-corrected chi connectivity index (χ4v) is 2.77. The van der Waals surface area contributed by atoms with E-state index >= 15 is 0 Å². The van der Waals surface area contributed by atoms with Gasteiger partial charge >= 0.3 is 5.96 Å². The number of hydrogen-bond acceptors (Lipinski definition) is 5. The minimum Gasteiger partial charge on any atom is -0.722 e. The molecule has 10 heteroatoms. The number of rotatable bonds is 6. The quantitative estimate of drug-likeness (QED) is 0.129. The highest BCUT2D eigenvalue weighted by Crippen LogP contribution is 2.13. The summed E-state index contributed by atoms with van der Waals surface area (Å²) in [6, 6.07) is 23.0. The third kappa shape index (κ3) is 8.46. The average Bonchev–Trinajstić information content (AvgIpc) is 2.77. The van der Waals surface area contributed by atoms with Crippen molar-refractivity contribution in [1.82, 2.24) is 0 Å². The maximum absolute atomic E-state index is 11.0. The molecule has 0 aliphatic heterocycles. The van der Waals surface area contributed by atoms with E-state index in [4.69, 9.17) is 20.8 Å². The molecule has 0 aliphatic rings. The lowest BCUT2D eigenvalue weighted by Crippen LogP contribution is -2.30. The molecule has 0 unspecified atom stereocenters. The lowest BCUT2D eigenvalue weighted by atomic mass is 10.2. The molecular weight excluding hydrogens is 432 g/mol. The number of ether oxygens (including phenoxy) is 1. The molecule has 0 saturated carbocycles. The Morgan fingerprint density at radius 3 is 2.16 bits per heavy atom. The van der Waals surface area contributed by atoms with Crippen molar-refractivity contribution >= 4 is 22.3 Å². The molecule has 0 aliphatic carbocycles. The van der Waals surface area contributed by atoms with Gasteiger partial charge < -0.3 is 9.94 Å². The van der Waals surface area contributed by atoms with Crippen LogP contribution in [-0.4, -0.2) is 30.0 Å². The topological polar surface area (TPSA) is 154 Å². The van der Waals surface area contributed by atoms with Gasteiger partial charge in [-0.3, -0.25) is 16.0 Å². The largest absolute Gasteiger partial charge is 0.722 e. The highest BCUT2D eigenvalue weighted by Gasteiger charge is 2.06. The van der Waals surface area contributed by atoms with E-state index in [2.05, 4.69) is 5.10 Å². The van der Waals surface area contributed by atoms with Crippen molar-refractivity contribution in [3.63, 3.8) is 0 Å². The second-order valence-corrected chi connectivity index (χ2v) is 8.00. The van der Waals surface area contributed by atoms with E-state index in [1.165, 1.54) is 18.3 Å². The first-order valence-electron chi connectivity index (χ1n) is 9.35. The molecule has 3 rings (SSSR count). The predicted octanol–water partition coefficient (Wildman–Crippen LogP) is 2.62. The first-order chi connectivity index (χ1) is 15.1. The summed E-state index contributed by atoms with van der Waals surface area (Å²) in [6.07, 6.45) is 1.37. The Hall–Kier alpha value is -3.89. The summed E-state index contributed by atoms with van der Waals surface area (Å²) in [5.74, 6) is 0.328. The van der Waals surface area contributed by atoms with Crippen LogP contribution >= 0.6 is 0 Å². The predicted molar refractivity (Wildman–Crippen MR) is 123 cm³/mol. The number of guanidine groups is 1. The lowest BCUT2D eigenvalue weighted by Gasteiger charge is -2.06. The van der Waals surface area contributed by atoms with Crippen LogP contribution in [0.4, 0.5) is 0 Å². The van der Waals surface area contributed by atoms with Gasteiger partial charge in [-0.2, -0.15) is 8.42 Å². The Labute approximate surface area is 186 Å². The number of nitrogens with two attached hydrogens (primary N) is 2. The van der Waals surface area contributed by atoms with Gasteiger partial charge in [0.05, 0.1) is 11.1 Å². The smallest absolute Gasteiger partial charge is 0.366 e. The monoisotopic (exact) mass is 456 g/mol. The molecule has 0 heterocycles. The van der Waals surface area contributed by atoms with E-state index < -0.39 is 16.1 Å². The van der Waals surface area contributed by atoms with Gasteiger partial charge in [0.15, 0.2) is 0 Å². The van der Waals surface area contributed by atoms with E-state index in [0.717, 1.165) is 22.4 Å². The maximum Gasteiger partial charge on any atom is 0.366 e. The molecule has 0 radical (unpaired) electrons. The molecule has 3 aromatic rings. The molecule has 3 aromatic carbocycles. The van der Waals surface area contributed by atoms with Crippen molar-refractivity contribution in [1.29, 1.82) is 0 Å². The van der Waals surface area contributed by atoms with Crippen molar-refractivity contribution in [2.45, 2.75) is 18.4 Å². The van der Waals surface area contributed by atoms with Crippen LogP contribution in [0.1, 0.15) is 16.7 Å². The minimum atomic E-state index is -4.02. The summed E-state index contributed by atoms with van der Waals surface area (Å²) in [5.41, 5.74) is 13.0. The molecule has 0 aromatic heterocycles. The van der Waals surface area contributed by atoms with Crippen LogP contribution in [0.5, 0.6) is 5.75 Å². The van der Waals surface area contributed by atoms with Crippen LogP contribution < -0.4 is 16.2 Å². The number of hydrogen-bond donors (Lipinski definition) is 3. The molecule has 0 amide bonds. The highest BCUT2D eigenvalue weighted by molar-refractivity contribution is 7.85. The molecule has 0 bridgehead atoms. The first kappa shape index (κ1) is 24.4. The number of benzene rings is 3. The van der Waals surface area contributed by atoms with Crippen LogP contribution in [0.15, 0.2) is 88.9 Å². The second-order valence-electron chi connectivity index (χ2n) is 6.57. The van der Waals surface area contributed by atoms with E-state index in [1.807, 2.05) is 37.3 Å². The Morgan fingerprint density at radius 2 is 1.62 bits per heavy atom. The van der Waals surface area contributed by atoms with Crippen LogP contribution in [-0.2, 0) is 16.7 Å². The normalized spacial score (nSPS) is 10.8. The van der Waals surface area contributed by atoms with Crippen molar-refractivity contribution in [3.05, 3.63) is 101 Å². The molecule has 0 fully saturated rings. The summed E-state index contributed by atoms with van der Waals surface area (Å²) in [5, 5.41) is 14.6. The Morgan fingerprint density at radius 1 is 1.03 bits per heavy atom. The summed E-state index contributed by atoms with van der Waals surface area (Å²) in [4.78, 5) is 0.0860. The maximum atomic E-state index is 11.0. The van der Waals surface area contributed by atoms with Gasteiger partial charge in [-0.15, -0.1) is 9.95 Å². The van der Waals surface area contributed by atoms with Crippen LogP contribution in [0.3, 0.4) is 0 Å². The third-order valence-corrected chi connectivity index (χ3v) is 4.85. The van der Waals surface area contributed by atoms with E-state index in [9.17, 15) is 13.6 Å². The highest BCUT2D eigenvalue weighted by atomic mass is 32.2. The number of hydrazone groups is 1. The van der Waals surface area contributed by atoms with Gasteiger partial charge in [0, 0.05) is 0 Å². The van der Waals surface area contributed by atoms with Crippen molar-refractivity contribution < 1.29 is 22.6 Å². The molecule has 0 saturated heterocycles. The zero-order valence-corrected chi connectivity index (χ0v) is 18.1. The molecule has 32 heavy (non-hydrogen) atoms. The second kappa shape index (κ2) is 11.5. The SMILES string of the molecule is Cc1ccc(S(=O)(=O)O)cc1.NC(N)=[N+]([O-])/N=C/c1ccc(OCc2ccccc2)cc1. The fourth-order valence-electron chi connectivity index (χ4n) is 2.29. The summed E-state index contributed by atoms with van der Waals surface area (Å²) >= 11 is 0. The van der Waals surface area contributed by atoms with Gasteiger partial charge in [0.1, 0.15) is 12.4 Å². The van der Waals surface area contributed by atoms with Gasteiger partial charge in [-0.05, 0) is 54.4 Å². The van der Waals surface area contributed by atoms with Crippen LogP contribution in [0.25, 0.3) is 0 Å². The van der Waals surface area contributed by atoms with Gasteiger partial charge in [-0.25, -0.2) is 0 Å². The van der Waals surface area contributed by atoms with Crippen LogP contribution in [0, 0.1) is 12.1 Å². The number of nitrogens with zero attached hydrogens (tertiary/aromatic N) is 2. The molecule has 168 valence electrons. The summed E-state index contributed by atoms with van der Waals surface area (Å²) in [7, 11) is -4.02. The van der Waals surface area contributed by atoms with Crippen molar-refractivity contribution in [2.75, 3.05) is 0 Å². The van der Waals surface area contributed by atoms with E-state index in [0.29, 0.717) is 6.61 Å². The Bertz CT molecular complexity index is 1160.